The van der Waals surface area contributed by atoms with Crippen LogP contribution in [0.3, 0.4) is 0 Å². The standard InChI is InChI=1S/C20H18FN3O2/c1-13-12-18(25)19(23-24(13)17-11-7-6-10-16(17)21)20(26)22-14(2)15-8-4-3-5-9-15/h3-12,14H,1-2H3,(H,22,26). The van der Waals surface area contributed by atoms with Crippen LogP contribution in [-0.4, -0.2) is 15.7 Å². The molecule has 3 rings (SSSR count). The molecule has 6 heteroatoms. The summed E-state index contributed by atoms with van der Waals surface area (Å²) in [5.41, 5.74) is 0.736. The Balaban J connectivity index is 1.95. The lowest BCUT2D eigenvalue weighted by molar-refractivity contribution is 0.0931. The highest BCUT2D eigenvalue weighted by Gasteiger charge is 2.18. The fraction of sp³-hybridized carbons (Fsp3) is 0.150. The van der Waals surface area contributed by atoms with E-state index in [1.54, 1.807) is 19.1 Å². The molecule has 0 aliphatic carbocycles. The number of aryl methyl sites for hydroxylation is 1. The number of para-hydroxylation sites is 1. The first-order valence-corrected chi connectivity index (χ1v) is 8.19. The van der Waals surface area contributed by atoms with Gasteiger partial charge in [0.05, 0.1) is 6.04 Å². The summed E-state index contributed by atoms with van der Waals surface area (Å²) < 4.78 is 15.3. The Hall–Kier alpha value is -3.28. The van der Waals surface area contributed by atoms with Gasteiger partial charge in [-0.25, -0.2) is 9.07 Å². The molecule has 0 aliphatic heterocycles. The number of hydrogen-bond donors (Lipinski definition) is 1. The lowest BCUT2D eigenvalue weighted by atomic mass is 10.1. The smallest absolute Gasteiger partial charge is 0.276 e. The van der Waals surface area contributed by atoms with Crippen LogP contribution in [0.2, 0.25) is 0 Å². The summed E-state index contributed by atoms with van der Waals surface area (Å²) >= 11 is 0. The predicted octanol–water partition coefficient (Wildman–Crippen LogP) is 3.17. The van der Waals surface area contributed by atoms with Crippen molar-refractivity contribution in [2.75, 3.05) is 0 Å². The first-order chi connectivity index (χ1) is 12.5. The van der Waals surface area contributed by atoms with E-state index in [2.05, 4.69) is 10.4 Å². The Labute approximate surface area is 150 Å². The quantitative estimate of drug-likeness (QED) is 0.785. The van der Waals surface area contributed by atoms with Gasteiger partial charge in [0.1, 0.15) is 11.5 Å². The van der Waals surface area contributed by atoms with Crippen LogP contribution in [-0.2, 0) is 0 Å². The van der Waals surface area contributed by atoms with Crippen LogP contribution in [0.5, 0.6) is 0 Å². The molecular formula is C20H18FN3O2. The van der Waals surface area contributed by atoms with E-state index in [-0.39, 0.29) is 17.4 Å². The molecule has 0 spiro atoms. The molecule has 26 heavy (non-hydrogen) atoms. The number of nitrogens with one attached hydrogen (secondary N) is 1. The number of nitrogens with zero attached hydrogens (tertiary/aromatic N) is 2. The Morgan fingerprint density at radius 2 is 1.77 bits per heavy atom. The molecule has 0 saturated carbocycles. The zero-order chi connectivity index (χ0) is 18.7. The normalized spacial score (nSPS) is 11.8. The highest BCUT2D eigenvalue weighted by atomic mass is 19.1. The lowest BCUT2D eigenvalue weighted by Crippen LogP contribution is -2.33. The highest BCUT2D eigenvalue weighted by Crippen LogP contribution is 2.14. The zero-order valence-corrected chi connectivity index (χ0v) is 14.4. The van der Waals surface area contributed by atoms with E-state index in [0.29, 0.717) is 5.69 Å². The third-order valence-corrected chi connectivity index (χ3v) is 4.05. The molecule has 2 aromatic carbocycles. The van der Waals surface area contributed by atoms with Crippen molar-refractivity contribution < 1.29 is 9.18 Å². The van der Waals surface area contributed by atoms with Crippen molar-refractivity contribution in [2.24, 2.45) is 0 Å². The molecule has 1 atom stereocenters. The second kappa shape index (κ2) is 7.31. The Morgan fingerprint density at radius 3 is 2.46 bits per heavy atom. The van der Waals surface area contributed by atoms with Crippen molar-refractivity contribution in [3.63, 3.8) is 0 Å². The van der Waals surface area contributed by atoms with Gasteiger partial charge in [0.2, 0.25) is 5.43 Å². The number of aromatic nitrogens is 2. The minimum atomic E-state index is -0.601. The van der Waals surface area contributed by atoms with Gasteiger partial charge in [0.25, 0.3) is 5.91 Å². The van der Waals surface area contributed by atoms with E-state index in [1.165, 1.54) is 22.9 Å². The van der Waals surface area contributed by atoms with Gasteiger partial charge in [-0.15, -0.1) is 0 Å². The van der Waals surface area contributed by atoms with Gasteiger partial charge in [-0.1, -0.05) is 42.5 Å². The van der Waals surface area contributed by atoms with Gasteiger partial charge in [-0.2, -0.15) is 5.10 Å². The molecule has 0 saturated heterocycles. The monoisotopic (exact) mass is 351 g/mol. The molecule has 1 aromatic heterocycles. The van der Waals surface area contributed by atoms with Gasteiger partial charge in [-0.05, 0) is 31.5 Å². The number of amides is 1. The number of hydrogen-bond acceptors (Lipinski definition) is 3. The summed E-state index contributed by atoms with van der Waals surface area (Å²) in [6.45, 7) is 3.45. The lowest BCUT2D eigenvalue weighted by Gasteiger charge is -2.15. The summed E-state index contributed by atoms with van der Waals surface area (Å²) in [5, 5.41) is 6.86. The summed E-state index contributed by atoms with van der Waals surface area (Å²) in [6, 6.07) is 16.4. The zero-order valence-electron chi connectivity index (χ0n) is 14.4. The first kappa shape index (κ1) is 17.5. The van der Waals surface area contributed by atoms with E-state index < -0.39 is 17.2 Å². The summed E-state index contributed by atoms with van der Waals surface area (Å²) in [6.07, 6.45) is 0. The molecule has 3 aromatic rings. The molecule has 5 nitrogen and oxygen atoms in total. The van der Waals surface area contributed by atoms with E-state index in [0.717, 1.165) is 5.56 Å². The van der Waals surface area contributed by atoms with Crippen molar-refractivity contribution in [1.29, 1.82) is 0 Å². The number of carbonyl (C=O) groups is 1. The molecule has 132 valence electrons. The van der Waals surface area contributed by atoms with Gasteiger partial charge >= 0.3 is 0 Å². The van der Waals surface area contributed by atoms with Gasteiger partial charge in [-0.3, -0.25) is 9.59 Å². The Morgan fingerprint density at radius 1 is 1.12 bits per heavy atom. The molecule has 1 N–H and O–H groups in total. The van der Waals surface area contributed by atoms with Crippen LogP contribution < -0.4 is 10.7 Å². The van der Waals surface area contributed by atoms with E-state index in [4.69, 9.17) is 0 Å². The maximum atomic E-state index is 14.1. The second-order valence-electron chi connectivity index (χ2n) is 5.97. The van der Waals surface area contributed by atoms with Crippen molar-refractivity contribution in [3.05, 3.63) is 93.7 Å². The van der Waals surface area contributed by atoms with E-state index in [9.17, 15) is 14.0 Å². The molecule has 0 aliphatic rings. The maximum Gasteiger partial charge on any atom is 0.276 e. The maximum absolute atomic E-state index is 14.1. The van der Waals surface area contributed by atoms with Crippen molar-refractivity contribution >= 4 is 5.91 Å². The van der Waals surface area contributed by atoms with E-state index >= 15 is 0 Å². The number of halogens is 1. The van der Waals surface area contributed by atoms with Crippen molar-refractivity contribution in [1.82, 2.24) is 15.1 Å². The molecule has 1 amide bonds. The SMILES string of the molecule is Cc1cc(=O)c(C(=O)NC(C)c2ccccc2)nn1-c1ccccc1F. The minimum absolute atomic E-state index is 0.176. The predicted molar refractivity (Wildman–Crippen MR) is 96.9 cm³/mol. The third kappa shape index (κ3) is 3.54. The molecule has 1 unspecified atom stereocenters. The second-order valence-corrected chi connectivity index (χ2v) is 5.97. The van der Waals surface area contributed by atoms with Gasteiger partial charge in [0.15, 0.2) is 5.69 Å². The van der Waals surface area contributed by atoms with Crippen LogP contribution in [0.25, 0.3) is 5.69 Å². The van der Waals surface area contributed by atoms with Gasteiger partial charge < -0.3 is 5.32 Å². The largest absolute Gasteiger partial charge is 0.344 e. The van der Waals surface area contributed by atoms with Crippen molar-refractivity contribution in [3.8, 4) is 5.69 Å². The summed E-state index contributed by atoms with van der Waals surface area (Å²) in [4.78, 5) is 24.8. The fourth-order valence-electron chi connectivity index (χ4n) is 2.66. The number of benzene rings is 2. The molecular weight excluding hydrogens is 333 g/mol. The van der Waals surface area contributed by atoms with Crippen LogP contribution in [0, 0.1) is 12.7 Å². The van der Waals surface area contributed by atoms with E-state index in [1.807, 2.05) is 37.3 Å². The Kier molecular flexibility index (Phi) is 4.93. The average Bonchev–Trinajstić information content (AvgIpc) is 2.63. The molecule has 1 heterocycles. The summed E-state index contributed by atoms with van der Waals surface area (Å²) in [5.74, 6) is -1.09. The molecule has 0 fully saturated rings. The Bertz CT molecular complexity index is 999. The summed E-state index contributed by atoms with van der Waals surface area (Å²) in [7, 11) is 0. The molecule has 0 radical (unpaired) electrons. The van der Waals surface area contributed by atoms with Crippen LogP contribution in [0.1, 0.15) is 34.7 Å². The minimum Gasteiger partial charge on any atom is -0.344 e. The topological polar surface area (TPSA) is 64.0 Å². The molecule has 0 bridgehead atoms. The third-order valence-electron chi connectivity index (χ3n) is 4.05. The first-order valence-electron chi connectivity index (χ1n) is 8.19. The average molecular weight is 351 g/mol. The van der Waals surface area contributed by atoms with Crippen LogP contribution >= 0.6 is 0 Å². The fourth-order valence-corrected chi connectivity index (χ4v) is 2.66. The van der Waals surface area contributed by atoms with Crippen LogP contribution in [0.15, 0.2) is 65.5 Å². The number of rotatable bonds is 4. The van der Waals surface area contributed by atoms with Crippen molar-refractivity contribution in [2.45, 2.75) is 19.9 Å². The highest BCUT2D eigenvalue weighted by molar-refractivity contribution is 5.92. The number of carbonyl (C=O) groups excluding carboxylic acids is 1. The van der Waals surface area contributed by atoms with Crippen LogP contribution in [0.4, 0.5) is 4.39 Å². The van der Waals surface area contributed by atoms with Gasteiger partial charge in [0, 0.05) is 11.8 Å².